The van der Waals surface area contributed by atoms with Crippen LogP contribution in [0.15, 0.2) is 24.3 Å². The molecule has 2 rings (SSSR count). The number of rotatable bonds is 4. The zero-order valence-corrected chi connectivity index (χ0v) is 13.0. The number of halogens is 1. The first-order valence-electron chi connectivity index (χ1n) is 7.32. The highest BCUT2D eigenvalue weighted by Crippen LogP contribution is 2.20. The second-order valence-corrected chi connectivity index (χ2v) is 6.32. The van der Waals surface area contributed by atoms with E-state index in [4.69, 9.17) is 11.6 Å². The van der Waals surface area contributed by atoms with Gasteiger partial charge in [-0.3, -0.25) is 4.90 Å². The van der Waals surface area contributed by atoms with Crippen LogP contribution >= 0.6 is 11.6 Å². The third-order valence-corrected chi connectivity index (χ3v) is 4.31. The van der Waals surface area contributed by atoms with E-state index in [2.05, 4.69) is 43.1 Å². The molecule has 3 heteroatoms. The third kappa shape index (κ3) is 3.95. The second-order valence-electron chi connectivity index (χ2n) is 5.88. The smallest absolute Gasteiger partial charge is 0.0409 e. The first-order chi connectivity index (χ1) is 9.10. The van der Waals surface area contributed by atoms with Gasteiger partial charge in [-0.05, 0) is 30.0 Å². The normalized spacial score (nSPS) is 24.9. The average molecular weight is 281 g/mol. The maximum atomic E-state index is 6.09. The summed E-state index contributed by atoms with van der Waals surface area (Å²) in [6.45, 7) is 10.1. The number of nitrogens with zero attached hydrogens (tertiary/aromatic N) is 1. The molecule has 0 saturated carbocycles. The molecule has 1 aromatic carbocycles. The van der Waals surface area contributed by atoms with Gasteiger partial charge in [0.1, 0.15) is 0 Å². The van der Waals surface area contributed by atoms with Gasteiger partial charge in [-0.15, -0.1) is 0 Å². The van der Waals surface area contributed by atoms with Crippen molar-refractivity contribution >= 4 is 11.6 Å². The summed E-state index contributed by atoms with van der Waals surface area (Å²) in [6, 6.07) is 9.48. The summed E-state index contributed by atoms with van der Waals surface area (Å²) >= 11 is 6.09. The molecule has 2 nitrogen and oxygen atoms in total. The molecule has 106 valence electrons. The summed E-state index contributed by atoms with van der Waals surface area (Å²) in [5, 5.41) is 4.49. The number of hydrogen-bond acceptors (Lipinski definition) is 2. The molecule has 2 atom stereocenters. The van der Waals surface area contributed by atoms with Gasteiger partial charge in [-0.25, -0.2) is 0 Å². The van der Waals surface area contributed by atoms with Crippen molar-refractivity contribution in [2.24, 2.45) is 5.92 Å². The molecule has 0 radical (unpaired) electrons. The minimum Gasteiger partial charge on any atom is -0.311 e. The average Bonchev–Trinajstić information content (AvgIpc) is 2.38. The van der Waals surface area contributed by atoms with Crippen LogP contribution in [0.4, 0.5) is 0 Å². The lowest BCUT2D eigenvalue weighted by molar-refractivity contribution is 0.0900. The van der Waals surface area contributed by atoms with Gasteiger partial charge < -0.3 is 5.32 Å². The van der Waals surface area contributed by atoms with E-state index >= 15 is 0 Å². The number of hydrogen-bond donors (Lipinski definition) is 1. The van der Waals surface area contributed by atoms with Gasteiger partial charge in [0.2, 0.25) is 0 Å². The van der Waals surface area contributed by atoms with Gasteiger partial charge in [-0.2, -0.15) is 0 Å². The fourth-order valence-corrected chi connectivity index (χ4v) is 3.09. The van der Waals surface area contributed by atoms with Crippen molar-refractivity contribution in [1.82, 2.24) is 10.2 Å². The van der Waals surface area contributed by atoms with Crippen molar-refractivity contribution in [3.63, 3.8) is 0 Å². The Morgan fingerprint density at radius 1 is 1.42 bits per heavy atom. The molecule has 0 amide bonds. The summed E-state index contributed by atoms with van der Waals surface area (Å²) in [4.78, 5) is 2.61. The van der Waals surface area contributed by atoms with Crippen molar-refractivity contribution in [1.29, 1.82) is 0 Å². The molecule has 1 saturated heterocycles. The lowest BCUT2D eigenvalue weighted by Crippen LogP contribution is -2.57. The van der Waals surface area contributed by atoms with Crippen molar-refractivity contribution in [3.05, 3.63) is 34.9 Å². The fourth-order valence-electron chi connectivity index (χ4n) is 2.88. The first-order valence-corrected chi connectivity index (χ1v) is 7.69. The van der Waals surface area contributed by atoms with Gasteiger partial charge in [0.25, 0.3) is 0 Å². The number of benzene rings is 1. The van der Waals surface area contributed by atoms with Crippen LogP contribution in [0.3, 0.4) is 0 Å². The molecular formula is C16H25ClN2. The maximum absolute atomic E-state index is 6.09. The molecule has 0 aromatic heterocycles. The molecule has 1 heterocycles. The molecule has 2 unspecified atom stereocenters. The van der Waals surface area contributed by atoms with Gasteiger partial charge in [0.05, 0.1) is 0 Å². The molecule has 1 aliphatic rings. The van der Waals surface area contributed by atoms with Crippen LogP contribution in [0.1, 0.15) is 32.8 Å². The lowest BCUT2D eigenvalue weighted by Gasteiger charge is -2.42. The Hall–Kier alpha value is -0.570. The Balaban J connectivity index is 2.09. The molecule has 0 bridgehead atoms. The van der Waals surface area contributed by atoms with Gasteiger partial charge in [0, 0.05) is 36.7 Å². The highest BCUT2D eigenvalue weighted by molar-refractivity contribution is 6.30. The minimum absolute atomic E-state index is 0.613. The topological polar surface area (TPSA) is 15.3 Å². The van der Waals surface area contributed by atoms with Crippen LogP contribution in [0.2, 0.25) is 5.02 Å². The monoisotopic (exact) mass is 280 g/mol. The van der Waals surface area contributed by atoms with Gasteiger partial charge >= 0.3 is 0 Å². The van der Waals surface area contributed by atoms with Crippen LogP contribution in [0, 0.1) is 5.92 Å². The SMILES string of the molecule is CCC1CN(Cc2cccc(Cl)c2)C(C(C)C)CN1. The van der Waals surface area contributed by atoms with Gasteiger partial charge in [-0.1, -0.05) is 44.5 Å². The summed E-state index contributed by atoms with van der Waals surface area (Å²) in [5.41, 5.74) is 1.31. The van der Waals surface area contributed by atoms with E-state index in [1.807, 2.05) is 12.1 Å². The van der Waals surface area contributed by atoms with Crippen LogP contribution < -0.4 is 5.32 Å². The van der Waals surface area contributed by atoms with E-state index in [1.165, 1.54) is 12.0 Å². The maximum Gasteiger partial charge on any atom is 0.0409 e. The predicted octanol–water partition coefficient (Wildman–Crippen LogP) is 3.55. The number of piperazine rings is 1. The standard InChI is InChI=1S/C16H25ClN2/c1-4-15-11-19(16(9-18-15)12(2)3)10-13-6-5-7-14(17)8-13/h5-8,12,15-16,18H,4,9-11H2,1-3H3. The number of nitrogens with one attached hydrogen (secondary N) is 1. The van der Waals surface area contributed by atoms with E-state index in [1.54, 1.807) is 0 Å². The van der Waals surface area contributed by atoms with E-state index in [-0.39, 0.29) is 0 Å². The predicted molar refractivity (Wildman–Crippen MR) is 82.6 cm³/mol. The molecular weight excluding hydrogens is 256 g/mol. The van der Waals surface area contributed by atoms with Crippen molar-refractivity contribution in [2.75, 3.05) is 13.1 Å². The van der Waals surface area contributed by atoms with Crippen LogP contribution in [0.5, 0.6) is 0 Å². The van der Waals surface area contributed by atoms with E-state index < -0.39 is 0 Å². The second kappa shape index (κ2) is 6.74. The highest BCUT2D eigenvalue weighted by atomic mass is 35.5. The van der Waals surface area contributed by atoms with E-state index in [0.29, 0.717) is 18.0 Å². The van der Waals surface area contributed by atoms with Crippen LogP contribution in [-0.4, -0.2) is 30.1 Å². The lowest BCUT2D eigenvalue weighted by atomic mass is 9.97. The molecule has 1 fully saturated rings. The Morgan fingerprint density at radius 3 is 2.84 bits per heavy atom. The zero-order valence-electron chi connectivity index (χ0n) is 12.2. The molecule has 0 aliphatic carbocycles. The Morgan fingerprint density at radius 2 is 2.21 bits per heavy atom. The molecule has 1 aromatic rings. The molecule has 1 N–H and O–H groups in total. The summed E-state index contributed by atoms with van der Waals surface area (Å²) < 4.78 is 0. The largest absolute Gasteiger partial charge is 0.311 e. The Bertz CT molecular complexity index is 405. The first kappa shape index (κ1) is 14.8. The van der Waals surface area contributed by atoms with E-state index in [0.717, 1.165) is 24.7 Å². The van der Waals surface area contributed by atoms with Crippen molar-refractivity contribution < 1.29 is 0 Å². The fraction of sp³-hybridized carbons (Fsp3) is 0.625. The Labute approximate surface area is 122 Å². The molecule has 1 aliphatic heterocycles. The van der Waals surface area contributed by atoms with E-state index in [9.17, 15) is 0 Å². The third-order valence-electron chi connectivity index (χ3n) is 4.08. The molecule has 0 spiro atoms. The van der Waals surface area contributed by atoms with Gasteiger partial charge in [0.15, 0.2) is 0 Å². The summed E-state index contributed by atoms with van der Waals surface area (Å²) in [5.74, 6) is 0.671. The highest BCUT2D eigenvalue weighted by Gasteiger charge is 2.28. The van der Waals surface area contributed by atoms with Crippen molar-refractivity contribution in [3.8, 4) is 0 Å². The quantitative estimate of drug-likeness (QED) is 0.907. The van der Waals surface area contributed by atoms with Crippen LogP contribution in [0.25, 0.3) is 0 Å². The zero-order chi connectivity index (χ0) is 13.8. The molecule has 19 heavy (non-hydrogen) atoms. The van der Waals surface area contributed by atoms with Crippen molar-refractivity contribution in [2.45, 2.75) is 45.8 Å². The summed E-state index contributed by atoms with van der Waals surface area (Å²) in [7, 11) is 0. The minimum atomic E-state index is 0.613. The van der Waals surface area contributed by atoms with Crippen LogP contribution in [-0.2, 0) is 6.54 Å². The summed E-state index contributed by atoms with van der Waals surface area (Å²) in [6.07, 6.45) is 1.19. The Kier molecular flexibility index (Phi) is 5.26.